The number of rotatable bonds is 5. The molecule has 0 aliphatic heterocycles. The molecule has 0 heterocycles. The van der Waals surface area contributed by atoms with E-state index >= 15 is 0 Å². The Hall–Kier alpha value is -0.740. The van der Waals surface area contributed by atoms with Gasteiger partial charge < -0.3 is 10.1 Å². The maximum absolute atomic E-state index is 6.30. The van der Waals surface area contributed by atoms with Crippen LogP contribution in [0.1, 0.15) is 17.2 Å². The average molecular weight is 389 g/mol. The molecule has 0 amide bonds. The molecular weight excluding hydrogens is 373 g/mol. The first-order chi connectivity index (χ1) is 10.0. The van der Waals surface area contributed by atoms with Crippen molar-refractivity contribution in [2.75, 3.05) is 14.2 Å². The first-order valence-electron chi connectivity index (χ1n) is 6.49. The molecule has 5 heteroatoms. The van der Waals surface area contributed by atoms with Gasteiger partial charge in [-0.15, -0.1) is 0 Å². The number of ether oxygens (including phenoxy) is 1. The Labute approximate surface area is 143 Å². The fraction of sp³-hybridized carbons (Fsp3) is 0.250. The highest BCUT2D eigenvalue weighted by Crippen LogP contribution is 2.32. The lowest BCUT2D eigenvalue weighted by atomic mass is 9.98. The summed E-state index contributed by atoms with van der Waals surface area (Å²) in [4.78, 5) is 0. The number of hydrogen-bond acceptors (Lipinski definition) is 2. The van der Waals surface area contributed by atoms with E-state index in [1.807, 2.05) is 31.3 Å². The van der Waals surface area contributed by atoms with Crippen molar-refractivity contribution >= 4 is 39.1 Å². The Morgan fingerprint density at radius 3 is 2.62 bits per heavy atom. The van der Waals surface area contributed by atoms with E-state index in [0.717, 1.165) is 27.8 Å². The molecule has 0 fully saturated rings. The zero-order valence-corrected chi connectivity index (χ0v) is 14.9. The highest BCUT2D eigenvalue weighted by Gasteiger charge is 2.16. The molecule has 2 nitrogen and oxygen atoms in total. The average Bonchev–Trinajstić information content (AvgIpc) is 2.47. The quantitative estimate of drug-likeness (QED) is 0.753. The predicted molar refractivity (Wildman–Crippen MR) is 92.7 cm³/mol. The standard InChI is InChI=1S/C16H16BrCl2NO/c1-20-15(13-9-12(18)4-5-14(13)19)8-10-7-11(17)3-6-16(10)21-2/h3-7,9,15,20H,8H2,1-2H3. The molecule has 21 heavy (non-hydrogen) atoms. The Kier molecular flexibility index (Phi) is 5.94. The fourth-order valence-electron chi connectivity index (χ4n) is 2.28. The fourth-order valence-corrected chi connectivity index (χ4v) is 3.11. The zero-order valence-electron chi connectivity index (χ0n) is 11.8. The van der Waals surface area contributed by atoms with Crippen LogP contribution in [0.15, 0.2) is 40.9 Å². The van der Waals surface area contributed by atoms with Crippen LogP contribution in [0, 0.1) is 0 Å². The van der Waals surface area contributed by atoms with Crippen molar-refractivity contribution in [1.29, 1.82) is 0 Å². The second kappa shape index (κ2) is 7.50. The summed E-state index contributed by atoms with van der Waals surface area (Å²) in [5, 5.41) is 4.67. The van der Waals surface area contributed by atoms with Gasteiger partial charge in [0, 0.05) is 20.6 Å². The highest BCUT2D eigenvalue weighted by molar-refractivity contribution is 9.10. The normalized spacial score (nSPS) is 12.2. The smallest absolute Gasteiger partial charge is 0.122 e. The van der Waals surface area contributed by atoms with Crippen LogP contribution < -0.4 is 10.1 Å². The van der Waals surface area contributed by atoms with Crippen LogP contribution in [-0.2, 0) is 6.42 Å². The lowest BCUT2D eigenvalue weighted by Gasteiger charge is -2.20. The molecule has 2 aromatic rings. The lowest BCUT2D eigenvalue weighted by molar-refractivity contribution is 0.406. The van der Waals surface area contributed by atoms with Crippen molar-refractivity contribution in [2.45, 2.75) is 12.5 Å². The minimum atomic E-state index is 0.0550. The molecule has 0 saturated carbocycles. The SMILES string of the molecule is CNC(Cc1cc(Br)ccc1OC)c1cc(Cl)ccc1Cl. The Balaban J connectivity index is 2.35. The monoisotopic (exact) mass is 387 g/mol. The van der Waals surface area contributed by atoms with Crippen molar-refractivity contribution in [3.8, 4) is 5.75 Å². The molecule has 0 aliphatic carbocycles. The Morgan fingerprint density at radius 1 is 1.19 bits per heavy atom. The predicted octanol–water partition coefficient (Wildman–Crippen LogP) is 5.27. The summed E-state index contributed by atoms with van der Waals surface area (Å²) in [6.07, 6.45) is 0.749. The molecule has 0 saturated heterocycles. The molecule has 1 unspecified atom stereocenters. The van der Waals surface area contributed by atoms with E-state index in [-0.39, 0.29) is 6.04 Å². The van der Waals surface area contributed by atoms with Crippen molar-refractivity contribution in [2.24, 2.45) is 0 Å². The van der Waals surface area contributed by atoms with E-state index < -0.39 is 0 Å². The van der Waals surface area contributed by atoms with Gasteiger partial charge in [0.05, 0.1) is 7.11 Å². The highest BCUT2D eigenvalue weighted by atomic mass is 79.9. The lowest BCUT2D eigenvalue weighted by Crippen LogP contribution is -2.19. The molecule has 2 rings (SSSR count). The van der Waals surface area contributed by atoms with E-state index in [2.05, 4.69) is 27.3 Å². The van der Waals surface area contributed by atoms with Crippen molar-refractivity contribution in [3.05, 3.63) is 62.0 Å². The summed E-state index contributed by atoms with van der Waals surface area (Å²) in [6, 6.07) is 11.5. The Bertz CT molecular complexity index is 634. The number of likely N-dealkylation sites (N-methyl/N-ethyl adjacent to an activating group) is 1. The second-order valence-corrected chi connectivity index (χ2v) is 6.43. The van der Waals surface area contributed by atoms with Crippen LogP contribution in [-0.4, -0.2) is 14.2 Å². The summed E-state index contributed by atoms with van der Waals surface area (Å²) >= 11 is 15.9. The van der Waals surface area contributed by atoms with Crippen molar-refractivity contribution in [1.82, 2.24) is 5.32 Å². The van der Waals surface area contributed by atoms with Gasteiger partial charge in [-0.3, -0.25) is 0 Å². The summed E-state index contributed by atoms with van der Waals surface area (Å²) < 4.78 is 6.45. The van der Waals surface area contributed by atoms with Crippen LogP contribution in [0.3, 0.4) is 0 Å². The topological polar surface area (TPSA) is 21.3 Å². The van der Waals surface area contributed by atoms with Gasteiger partial charge in [-0.05, 0) is 61.0 Å². The maximum atomic E-state index is 6.30. The Morgan fingerprint density at radius 2 is 1.95 bits per heavy atom. The van der Waals surface area contributed by atoms with Gasteiger partial charge in [-0.1, -0.05) is 39.1 Å². The third kappa shape index (κ3) is 4.13. The van der Waals surface area contributed by atoms with E-state index in [0.29, 0.717) is 10.0 Å². The molecule has 0 aliphatic rings. The van der Waals surface area contributed by atoms with Crippen LogP contribution in [0.25, 0.3) is 0 Å². The van der Waals surface area contributed by atoms with Gasteiger partial charge in [0.15, 0.2) is 0 Å². The maximum Gasteiger partial charge on any atom is 0.122 e. The van der Waals surface area contributed by atoms with Gasteiger partial charge >= 0.3 is 0 Å². The summed E-state index contributed by atoms with van der Waals surface area (Å²) in [6.45, 7) is 0. The van der Waals surface area contributed by atoms with Crippen molar-refractivity contribution < 1.29 is 4.74 Å². The number of halogens is 3. The van der Waals surface area contributed by atoms with Crippen LogP contribution in [0.5, 0.6) is 5.75 Å². The molecule has 112 valence electrons. The van der Waals surface area contributed by atoms with Gasteiger partial charge in [-0.25, -0.2) is 0 Å². The van der Waals surface area contributed by atoms with Crippen LogP contribution in [0.2, 0.25) is 10.0 Å². The van der Waals surface area contributed by atoms with Gasteiger partial charge in [0.1, 0.15) is 5.75 Å². The number of methoxy groups -OCH3 is 1. The number of benzene rings is 2. The molecule has 1 N–H and O–H groups in total. The third-order valence-electron chi connectivity index (χ3n) is 3.35. The van der Waals surface area contributed by atoms with E-state index in [9.17, 15) is 0 Å². The van der Waals surface area contributed by atoms with Gasteiger partial charge in [0.2, 0.25) is 0 Å². The largest absolute Gasteiger partial charge is 0.496 e. The summed E-state index contributed by atoms with van der Waals surface area (Å²) in [5.41, 5.74) is 2.08. The van der Waals surface area contributed by atoms with E-state index in [1.54, 1.807) is 13.2 Å². The van der Waals surface area contributed by atoms with Crippen LogP contribution >= 0.6 is 39.1 Å². The minimum Gasteiger partial charge on any atom is -0.496 e. The summed E-state index contributed by atoms with van der Waals surface area (Å²) in [5.74, 6) is 0.858. The third-order valence-corrected chi connectivity index (χ3v) is 4.42. The molecule has 0 aromatic heterocycles. The number of hydrogen-bond donors (Lipinski definition) is 1. The van der Waals surface area contributed by atoms with E-state index in [1.165, 1.54) is 0 Å². The van der Waals surface area contributed by atoms with Crippen LogP contribution in [0.4, 0.5) is 0 Å². The van der Waals surface area contributed by atoms with Gasteiger partial charge in [0.25, 0.3) is 0 Å². The molecule has 0 radical (unpaired) electrons. The van der Waals surface area contributed by atoms with Gasteiger partial charge in [-0.2, -0.15) is 0 Å². The minimum absolute atomic E-state index is 0.0550. The first kappa shape index (κ1) is 16.6. The van der Waals surface area contributed by atoms with Crippen molar-refractivity contribution in [3.63, 3.8) is 0 Å². The van der Waals surface area contributed by atoms with E-state index in [4.69, 9.17) is 27.9 Å². The summed E-state index contributed by atoms with van der Waals surface area (Å²) in [7, 11) is 3.58. The molecule has 1 atom stereocenters. The molecule has 0 spiro atoms. The first-order valence-corrected chi connectivity index (χ1v) is 8.04. The zero-order chi connectivity index (χ0) is 15.4. The second-order valence-electron chi connectivity index (χ2n) is 4.67. The molecule has 2 aromatic carbocycles. The molecular formula is C16H16BrCl2NO. The molecule has 0 bridgehead atoms. The number of nitrogens with one attached hydrogen (secondary N) is 1.